The van der Waals surface area contributed by atoms with E-state index in [4.69, 9.17) is 15.3 Å². The average Bonchev–Trinajstić information content (AvgIpc) is 2.64. The topological polar surface area (TPSA) is 126 Å². The molecule has 19 heavy (non-hydrogen) atoms. The van der Waals surface area contributed by atoms with Crippen LogP contribution >= 0.6 is 0 Å². The molecule has 0 aliphatic carbocycles. The molecule has 2 rings (SSSR count). The van der Waals surface area contributed by atoms with E-state index in [1.54, 1.807) is 5.32 Å². The number of hydrogen-bond acceptors (Lipinski definition) is 6. The van der Waals surface area contributed by atoms with Crippen LogP contribution < -0.4 is 5.32 Å². The van der Waals surface area contributed by atoms with Gasteiger partial charge in [-0.2, -0.15) is 4.39 Å². The molecule has 0 aromatic rings. The summed E-state index contributed by atoms with van der Waals surface area (Å²) >= 11 is 0. The molecule has 0 radical (unpaired) electrons. The van der Waals surface area contributed by atoms with E-state index in [1.807, 2.05) is 0 Å². The summed E-state index contributed by atoms with van der Waals surface area (Å²) in [5.41, 5.74) is -0.137. The second-order valence-corrected chi connectivity index (χ2v) is 4.22. The predicted octanol–water partition coefficient (Wildman–Crippen LogP) is -0.553. The van der Waals surface area contributed by atoms with Gasteiger partial charge in [-0.15, -0.1) is 0 Å². The highest BCUT2D eigenvalue weighted by molar-refractivity contribution is 6.04. The van der Waals surface area contributed by atoms with Gasteiger partial charge in [-0.1, -0.05) is 6.58 Å². The second-order valence-electron chi connectivity index (χ2n) is 4.22. The van der Waals surface area contributed by atoms with E-state index in [-0.39, 0.29) is 5.57 Å². The third-order valence-electron chi connectivity index (χ3n) is 2.97. The Morgan fingerprint density at radius 2 is 2.32 bits per heavy atom. The summed E-state index contributed by atoms with van der Waals surface area (Å²) in [5, 5.41) is 39.8. The van der Waals surface area contributed by atoms with Crippen molar-refractivity contribution in [3.8, 4) is 0 Å². The van der Waals surface area contributed by atoms with Crippen LogP contribution in [0.15, 0.2) is 24.2 Å². The zero-order valence-electron chi connectivity index (χ0n) is 9.67. The van der Waals surface area contributed by atoms with Gasteiger partial charge in [0.15, 0.2) is 5.84 Å². The third-order valence-corrected chi connectivity index (χ3v) is 2.97. The lowest BCUT2D eigenvalue weighted by Crippen LogP contribution is -2.60. The van der Waals surface area contributed by atoms with Gasteiger partial charge in [0.2, 0.25) is 12.1 Å². The summed E-state index contributed by atoms with van der Waals surface area (Å²) in [5.74, 6) is -2.04. The summed E-state index contributed by atoms with van der Waals surface area (Å²) in [6.07, 6.45) is -3.65. The molecule has 0 spiro atoms. The number of rotatable bonds is 2. The fourth-order valence-corrected chi connectivity index (χ4v) is 1.91. The van der Waals surface area contributed by atoms with Gasteiger partial charge in [-0.25, -0.2) is 9.44 Å². The van der Waals surface area contributed by atoms with Gasteiger partial charge in [-0.05, 0) is 0 Å². The number of hydroxylamine groups is 3. The Bertz CT molecular complexity index is 494. The maximum Gasteiger partial charge on any atom is 0.429 e. The molecule has 2 aliphatic rings. The molecule has 4 atom stereocenters. The predicted molar refractivity (Wildman–Crippen MR) is 60.0 cm³/mol. The number of hydrogen-bond donors (Lipinski definition) is 4. The Kier molecular flexibility index (Phi) is 3.24. The van der Waals surface area contributed by atoms with E-state index in [0.717, 1.165) is 0 Å². The molecular weight excluding hydrogens is 261 g/mol. The van der Waals surface area contributed by atoms with E-state index in [2.05, 4.69) is 6.58 Å². The number of halogens is 1. The zero-order valence-corrected chi connectivity index (χ0v) is 9.67. The van der Waals surface area contributed by atoms with Gasteiger partial charge < -0.3 is 20.2 Å². The van der Waals surface area contributed by atoms with E-state index in [0.29, 0.717) is 6.20 Å². The number of carbonyl (C=O) groups excluding carboxylic acids is 1. The first kappa shape index (κ1) is 13.8. The van der Waals surface area contributed by atoms with E-state index in [1.165, 1.54) is 0 Å². The van der Waals surface area contributed by atoms with Crippen LogP contribution in [-0.2, 0) is 4.74 Å². The van der Waals surface area contributed by atoms with Crippen molar-refractivity contribution in [3.63, 3.8) is 0 Å². The molecule has 0 saturated carbocycles. The first-order valence-corrected chi connectivity index (χ1v) is 5.32. The highest BCUT2D eigenvalue weighted by atomic mass is 19.1. The molecule has 4 N–H and O–H groups in total. The molecule has 1 fully saturated rings. The number of urea groups is 1. The largest absolute Gasteiger partial charge is 0.616 e. The molecule has 2 unspecified atom stereocenters. The lowest BCUT2D eigenvalue weighted by atomic mass is 10.1. The number of nitrogens with one attached hydrogen (secondary N) is 2. The van der Waals surface area contributed by atoms with Crippen LogP contribution in [0.5, 0.6) is 0 Å². The van der Waals surface area contributed by atoms with Crippen LogP contribution in [0.25, 0.3) is 0 Å². The molecule has 0 aromatic carbocycles. The number of ether oxygens (including phenoxy) is 1. The minimum atomic E-state index is -1.92. The summed E-state index contributed by atoms with van der Waals surface area (Å²) < 4.78 is 16.4. The van der Waals surface area contributed by atoms with E-state index in [9.17, 15) is 19.5 Å². The molecule has 0 bridgehead atoms. The number of nitrogens with zero attached hydrogens (tertiary/aromatic N) is 1. The van der Waals surface area contributed by atoms with Crippen LogP contribution in [0, 0.1) is 10.6 Å². The van der Waals surface area contributed by atoms with Crippen molar-refractivity contribution in [2.45, 2.75) is 18.4 Å². The maximum absolute atomic E-state index is 13.3. The lowest BCUT2D eigenvalue weighted by Gasteiger charge is -2.41. The molecule has 2 amide bonds. The first-order valence-electron chi connectivity index (χ1n) is 5.32. The summed E-state index contributed by atoms with van der Waals surface area (Å²) in [6, 6.07) is -1.23. The summed E-state index contributed by atoms with van der Waals surface area (Å²) in [6.45, 7) is 2.84. The first-order chi connectivity index (χ1) is 8.81. The maximum atomic E-state index is 13.3. The lowest BCUT2D eigenvalue weighted by molar-refractivity contribution is -0.796. The Labute approximate surface area is 107 Å². The Hall–Kier alpha value is -1.65. The quantitative estimate of drug-likeness (QED) is 0.305. The molecule has 8 nitrogen and oxygen atoms in total. The van der Waals surface area contributed by atoms with Crippen molar-refractivity contribution in [3.05, 3.63) is 29.4 Å². The van der Waals surface area contributed by atoms with Crippen LogP contribution in [0.2, 0.25) is 0 Å². The second kappa shape index (κ2) is 4.47. The van der Waals surface area contributed by atoms with E-state index >= 15 is 0 Å². The Morgan fingerprint density at radius 1 is 1.68 bits per heavy atom. The minimum Gasteiger partial charge on any atom is -0.616 e. The smallest absolute Gasteiger partial charge is 0.429 e. The molecule has 2 heterocycles. The highest BCUT2D eigenvalue weighted by Gasteiger charge is 2.51. The number of quaternary nitrogens is 1. The fourth-order valence-electron chi connectivity index (χ4n) is 1.91. The molecule has 1 saturated heterocycles. The Balaban J connectivity index is 2.38. The van der Waals surface area contributed by atoms with Gasteiger partial charge in [0.1, 0.15) is 18.4 Å². The van der Waals surface area contributed by atoms with Gasteiger partial charge in [-0.3, -0.25) is 10.7 Å². The van der Waals surface area contributed by atoms with Crippen molar-refractivity contribution < 1.29 is 28.8 Å². The normalized spacial score (nSPS) is 39.3. The Morgan fingerprint density at radius 3 is 2.84 bits per heavy atom. The summed E-state index contributed by atoms with van der Waals surface area (Å²) in [7, 11) is 0. The van der Waals surface area contributed by atoms with Crippen molar-refractivity contribution in [1.82, 2.24) is 5.32 Å². The van der Waals surface area contributed by atoms with E-state index < -0.39 is 47.4 Å². The van der Waals surface area contributed by atoms with Gasteiger partial charge in [0.05, 0.1) is 6.61 Å². The molecule has 9 heteroatoms. The number of carbonyl (C=O) groups is 1. The molecule has 0 aromatic heterocycles. The van der Waals surface area contributed by atoms with Crippen LogP contribution in [0.1, 0.15) is 0 Å². The number of aliphatic hydroxyl groups is 2. The molecule has 104 valence electrons. The fraction of sp³-hybridized carbons (Fsp3) is 0.400. The van der Waals surface area contributed by atoms with Gasteiger partial charge in [0, 0.05) is 5.57 Å². The highest BCUT2D eigenvalue weighted by Crippen LogP contribution is 2.34. The minimum absolute atomic E-state index is 0.137. The number of amidine groups is 1. The summed E-state index contributed by atoms with van der Waals surface area (Å²) in [4.78, 5) is 11.6. The van der Waals surface area contributed by atoms with Crippen molar-refractivity contribution in [2.24, 2.45) is 0 Å². The monoisotopic (exact) mass is 273 g/mol. The van der Waals surface area contributed by atoms with Crippen molar-refractivity contribution in [2.75, 3.05) is 6.61 Å². The SMILES string of the molecule is C=C1C(O)[C@@H](CO)O[C@H]1[N+]1([O-])C=C(F)C(=N)NC1=O. The van der Waals surface area contributed by atoms with Gasteiger partial charge >= 0.3 is 6.03 Å². The van der Waals surface area contributed by atoms with Crippen LogP contribution in [0.4, 0.5) is 9.18 Å². The zero-order chi connectivity index (χ0) is 14.4. The van der Waals surface area contributed by atoms with Crippen LogP contribution in [-0.4, -0.2) is 51.8 Å². The van der Waals surface area contributed by atoms with Crippen LogP contribution in [0.3, 0.4) is 0 Å². The number of amides is 2. The number of aliphatic hydroxyl groups excluding tert-OH is 2. The van der Waals surface area contributed by atoms with Crippen molar-refractivity contribution >= 4 is 11.9 Å². The van der Waals surface area contributed by atoms with Crippen molar-refractivity contribution in [1.29, 1.82) is 5.41 Å². The standard InChI is InChI=1S/C10H12FN3O5/c1-4-7(16)6(3-15)19-9(4)14(18)2-5(11)8(12)13-10(14)17/h2,6-7,9,15-16H,1,3H2,(H2,12,13,17)/t6-,7?,9-,14?/m1/s1. The molecular formula is C10H12FN3O5. The average molecular weight is 273 g/mol. The van der Waals surface area contributed by atoms with Gasteiger partial charge in [0.25, 0.3) is 0 Å². The molecule has 2 aliphatic heterocycles. The third kappa shape index (κ3) is 1.97.